The third kappa shape index (κ3) is 6.10. The lowest BCUT2D eigenvalue weighted by Gasteiger charge is -2.35. The predicted octanol–water partition coefficient (Wildman–Crippen LogP) is 3.09. The van der Waals surface area contributed by atoms with Gasteiger partial charge >= 0.3 is 0 Å². The van der Waals surface area contributed by atoms with Gasteiger partial charge in [0.25, 0.3) is 0 Å². The van der Waals surface area contributed by atoms with Crippen molar-refractivity contribution in [1.29, 1.82) is 0 Å². The number of rotatable bonds is 7. The van der Waals surface area contributed by atoms with Crippen LogP contribution in [0.5, 0.6) is 5.75 Å². The molecule has 1 heterocycles. The van der Waals surface area contributed by atoms with Crippen molar-refractivity contribution in [1.82, 2.24) is 15.5 Å². The van der Waals surface area contributed by atoms with E-state index in [1.165, 1.54) is 5.56 Å². The van der Waals surface area contributed by atoms with Gasteiger partial charge in [-0.25, -0.2) is 0 Å². The minimum Gasteiger partial charge on any atom is -0.496 e. The summed E-state index contributed by atoms with van der Waals surface area (Å²) in [4.78, 5) is 6.81. The molecule has 0 radical (unpaired) electrons. The first-order valence-corrected chi connectivity index (χ1v) is 10.2. The summed E-state index contributed by atoms with van der Waals surface area (Å²) in [7, 11) is 3.47. The Labute approximate surface area is 177 Å². The number of hydrogen-bond donors (Lipinski definition) is 2. The third-order valence-corrected chi connectivity index (χ3v) is 5.32. The molecule has 2 aromatic rings. The molecule has 7 heteroatoms. The zero-order valence-corrected chi connectivity index (χ0v) is 17.8. The highest BCUT2D eigenvalue weighted by atomic mass is 35.5. The Balaban J connectivity index is 1.64. The van der Waals surface area contributed by atoms with E-state index in [4.69, 9.17) is 21.1 Å². The molecule has 1 aliphatic heterocycles. The van der Waals surface area contributed by atoms with Crippen molar-refractivity contribution in [2.45, 2.75) is 12.6 Å². The molecule has 0 aliphatic carbocycles. The Kier molecular flexibility index (Phi) is 8.16. The van der Waals surface area contributed by atoms with Crippen molar-refractivity contribution < 1.29 is 9.47 Å². The van der Waals surface area contributed by atoms with Crippen molar-refractivity contribution in [2.24, 2.45) is 4.99 Å². The predicted molar refractivity (Wildman–Crippen MR) is 118 cm³/mol. The highest BCUT2D eigenvalue weighted by Crippen LogP contribution is 2.23. The molecular weight excluding hydrogens is 388 g/mol. The van der Waals surface area contributed by atoms with E-state index in [1.54, 1.807) is 14.2 Å². The van der Waals surface area contributed by atoms with Crippen molar-refractivity contribution in [3.63, 3.8) is 0 Å². The van der Waals surface area contributed by atoms with Gasteiger partial charge in [0.15, 0.2) is 5.96 Å². The standard InChI is InChI=1S/C22H29ClN4O2/c1-24-22(25-15-18-5-3-4-6-21(18)28-2)26-16-20(27-11-13-29-14-12-27)17-7-9-19(23)10-8-17/h3-10,20H,11-16H2,1-2H3,(H2,24,25,26). The van der Waals surface area contributed by atoms with Crippen LogP contribution >= 0.6 is 11.6 Å². The van der Waals surface area contributed by atoms with E-state index >= 15 is 0 Å². The Morgan fingerprint density at radius 3 is 2.55 bits per heavy atom. The summed E-state index contributed by atoms with van der Waals surface area (Å²) in [6.45, 7) is 4.68. The Morgan fingerprint density at radius 1 is 1.14 bits per heavy atom. The number of para-hydroxylation sites is 1. The molecule has 0 saturated carbocycles. The van der Waals surface area contributed by atoms with Crippen molar-refractivity contribution in [2.75, 3.05) is 47.0 Å². The molecule has 6 nitrogen and oxygen atoms in total. The highest BCUT2D eigenvalue weighted by molar-refractivity contribution is 6.30. The number of halogens is 1. The van der Waals surface area contributed by atoms with Crippen LogP contribution in [0.15, 0.2) is 53.5 Å². The van der Waals surface area contributed by atoms with E-state index in [-0.39, 0.29) is 6.04 Å². The number of benzene rings is 2. The zero-order chi connectivity index (χ0) is 20.5. The van der Waals surface area contributed by atoms with Crippen LogP contribution in [0, 0.1) is 0 Å². The molecule has 1 unspecified atom stereocenters. The molecular formula is C22H29ClN4O2. The molecule has 1 fully saturated rings. The van der Waals surface area contributed by atoms with Gasteiger partial charge in [0, 0.05) is 43.8 Å². The Hall–Kier alpha value is -2.28. The topological polar surface area (TPSA) is 58.1 Å². The van der Waals surface area contributed by atoms with Gasteiger partial charge in [-0.1, -0.05) is 41.9 Å². The summed E-state index contributed by atoms with van der Waals surface area (Å²) in [6.07, 6.45) is 0. The summed E-state index contributed by atoms with van der Waals surface area (Å²) in [5, 5.41) is 7.59. The van der Waals surface area contributed by atoms with E-state index < -0.39 is 0 Å². The highest BCUT2D eigenvalue weighted by Gasteiger charge is 2.23. The molecule has 0 spiro atoms. The fourth-order valence-corrected chi connectivity index (χ4v) is 3.60. The summed E-state index contributed by atoms with van der Waals surface area (Å²) in [5.41, 5.74) is 2.31. The van der Waals surface area contributed by atoms with Gasteiger partial charge in [-0.3, -0.25) is 9.89 Å². The van der Waals surface area contributed by atoms with Crippen LogP contribution < -0.4 is 15.4 Å². The molecule has 156 valence electrons. The maximum Gasteiger partial charge on any atom is 0.191 e. The van der Waals surface area contributed by atoms with E-state index in [9.17, 15) is 0 Å². The van der Waals surface area contributed by atoms with Crippen molar-refractivity contribution >= 4 is 17.6 Å². The van der Waals surface area contributed by atoms with Gasteiger partial charge in [0.2, 0.25) is 0 Å². The van der Waals surface area contributed by atoms with E-state index in [2.05, 4.69) is 32.7 Å². The van der Waals surface area contributed by atoms with Crippen LogP contribution in [0.25, 0.3) is 0 Å². The van der Waals surface area contributed by atoms with Crippen LogP contribution in [0.3, 0.4) is 0 Å². The van der Waals surface area contributed by atoms with Crippen LogP contribution in [0.4, 0.5) is 0 Å². The second kappa shape index (κ2) is 11.0. The first-order valence-electron chi connectivity index (χ1n) is 9.85. The van der Waals surface area contributed by atoms with Gasteiger partial charge in [-0.15, -0.1) is 0 Å². The second-order valence-corrected chi connectivity index (χ2v) is 7.27. The quantitative estimate of drug-likeness (QED) is 0.536. The van der Waals surface area contributed by atoms with Gasteiger partial charge in [-0.05, 0) is 23.8 Å². The van der Waals surface area contributed by atoms with Crippen LogP contribution in [-0.4, -0.2) is 57.9 Å². The van der Waals surface area contributed by atoms with Gasteiger partial charge in [0.1, 0.15) is 5.75 Å². The summed E-state index contributed by atoms with van der Waals surface area (Å²) >= 11 is 6.09. The van der Waals surface area contributed by atoms with Crippen LogP contribution in [0.1, 0.15) is 17.2 Å². The van der Waals surface area contributed by atoms with E-state index in [1.807, 2.05) is 36.4 Å². The lowest BCUT2D eigenvalue weighted by molar-refractivity contribution is 0.0170. The van der Waals surface area contributed by atoms with Crippen LogP contribution in [-0.2, 0) is 11.3 Å². The Morgan fingerprint density at radius 2 is 1.86 bits per heavy atom. The molecule has 1 saturated heterocycles. The minimum absolute atomic E-state index is 0.209. The molecule has 2 aromatic carbocycles. The SMILES string of the molecule is CN=C(NCc1ccccc1OC)NCC(c1ccc(Cl)cc1)N1CCOCC1. The van der Waals surface area contributed by atoms with Crippen LogP contribution in [0.2, 0.25) is 5.02 Å². The molecule has 1 atom stereocenters. The lowest BCUT2D eigenvalue weighted by Crippen LogP contribution is -2.46. The number of nitrogens with one attached hydrogen (secondary N) is 2. The molecule has 1 aliphatic rings. The van der Waals surface area contributed by atoms with E-state index in [0.29, 0.717) is 6.54 Å². The van der Waals surface area contributed by atoms with Gasteiger partial charge in [-0.2, -0.15) is 0 Å². The average molecular weight is 417 g/mol. The maximum absolute atomic E-state index is 6.09. The number of nitrogens with zero attached hydrogens (tertiary/aromatic N) is 2. The molecule has 0 aromatic heterocycles. The number of hydrogen-bond acceptors (Lipinski definition) is 4. The van der Waals surface area contributed by atoms with Crippen molar-refractivity contribution in [3.8, 4) is 5.75 Å². The molecule has 3 rings (SSSR count). The molecule has 0 bridgehead atoms. The molecule has 29 heavy (non-hydrogen) atoms. The number of guanidine groups is 1. The summed E-state index contributed by atoms with van der Waals surface area (Å²) in [6, 6.07) is 16.3. The van der Waals surface area contributed by atoms with E-state index in [0.717, 1.165) is 55.1 Å². The third-order valence-electron chi connectivity index (χ3n) is 5.07. The Bertz CT molecular complexity index is 792. The molecule has 0 amide bonds. The fourth-order valence-electron chi connectivity index (χ4n) is 3.47. The summed E-state index contributed by atoms with van der Waals surface area (Å²) in [5.74, 6) is 1.62. The summed E-state index contributed by atoms with van der Waals surface area (Å²) < 4.78 is 11.0. The maximum atomic E-state index is 6.09. The monoisotopic (exact) mass is 416 g/mol. The minimum atomic E-state index is 0.209. The first kappa shape index (κ1) is 21.4. The number of morpholine rings is 1. The zero-order valence-electron chi connectivity index (χ0n) is 17.0. The van der Waals surface area contributed by atoms with Crippen molar-refractivity contribution in [3.05, 3.63) is 64.7 Å². The average Bonchev–Trinajstić information content (AvgIpc) is 2.78. The number of ether oxygens (including phenoxy) is 2. The normalized spacial score (nSPS) is 16.3. The largest absolute Gasteiger partial charge is 0.496 e. The first-order chi connectivity index (χ1) is 14.2. The smallest absolute Gasteiger partial charge is 0.191 e. The number of aliphatic imine (C=N–C) groups is 1. The lowest BCUT2D eigenvalue weighted by atomic mass is 10.0. The fraction of sp³-hybridized carbons (Fsp3) is 0.409. The second-order valence-electron chi connectivity index (χ2n) is 6.83. The van der Waals surface area contributed by atoms with Gasteiger partial charge < -0.3 is 20.1 Å². The molecule has 2 N–H and O–H groups in total. The van der Waals surface area contributed by atoms with Gasteiger partial charge in [0.05, 0.1) is 26.4 Å². The number of methoxy groups -OCH3 is 1.